The molecule has 0 saturated carbocycles. The molecule has 20 heavy (non-hydrogen) atoms. The van der Waals surface area contributed by atoms with Gasteiger partial charge < -0.3 is 11.1 Å². The number of imide groups is 1. The van der Waals surface area contributed by atoms with Crippen molar-refractivity contribution in [2.24, 2.45) is 5.73 Å². The second-order valence-electron chi connectivity index (χ2n) is 4.93. The van der Waals surface area contributed by atoms with Crippen LogP contribution in [0.4, 0.5) is 0 Å². The zero-order chi connectivity index (χ0) is 14.9. The fraction of sp³-hybridized carbons (Fsp3) is 0.357. The van der Waals surface area contributed by atoms with Gasteiger partial charge in [0.15, 0.2) is 0 Å². The van der Waals surface area contributed by atoms with Crippen LogP contribution in [-0.4, -0.2) is 35.7 Å². The lowest BCUT2D eigenvalue weighted by Crippen LogP contribution is -2.36. The third kappa shape index (κ3) is 2.70. The SMILES string of the molecule is Cc1cc(C(N)=O)ccc1CNC1CC(=O)N(C)C1=O. The van der Waals surface area contributed by atoms with Crippen LogP contribution in [-0.2, 0) is 16.1 Å². The second-order valence-corrected chi connectivity index (χ2v) is 4.93. The van der Waals surface area contributed by atoms with Crippen molar-refractivity contribution in [3.63, 3.8) is 0 Å². The van der Waals surface area contributed by atoms with E-state index in [1.54, 1.807) is 18.2 Å². The number of nitrogens with zero attached hydrogens (tertiary/aromatic N) is 1. The molecule has 3 amide bonds. The number of primary amides is 1. The molecule has 6 nitrogen and oxygen atoms in total. The van der Waals surface area contributed by atoms with Crippen LogP contribution in [0.25, 0.3) is 0 Å². The largest absolute Gasteiger partial charge is 0.366 e. The van der Waals surface area contributed by atoms with Crippen LogP contribution in [0.15, 0.2) is 18.2 Å². The Hall–Kier alpha value is -2.21. The maximum atomic E-state index is 11.7. The summed E-state index contributed by atoms with van der Waals surface area (Å²) in [4.78, 5) is 35.4. The van der Waals surface area contributed by atoms with Crippen molar-refractivity contribution in [3.05, 3.63) is 34.9 Å². The topological polar surface area (TPSA) is 92.5 Å². The van der Waals surface area contributed by atoms with Gasteiger partial charge in [-0.2, -0.15) is 0 Å². The quantitative estimate of drug-likeness (QED) is 0.753. The van der Waals surface area contributed by atoms with E-state index in [0.29, 0.717) is 12.1 Å². The molecular weight excluding hydrogens is 258 g/mol. The maximum absolute atomic E-state index is 11.7. The fourth-order valence-corrected chi connectivity index (χ4v) is 2.20. The monoisotopic (exact) mass is 275 g/mol. The van der Waals surface area contributed by atoms with Crippen molar-refractivity contribution >= 4 is 17.7 Å². The zero-order valence-corrected chi connectivity index (χ0v) is 11.5. The lowest BCUT2D eigenvalue weighted by molar-refractivity contribution is -0.137. The first-order valence-corrected chi connectivity index (χ1v) is 6.33. The summed E-state index contributed by atoms with van der Waals surface area (Å²) in [6, 6.07) is 4.70. The first-order chi connectivity index (χ1) is 9.40. The number of carbonyl (C=O) groups excluding carboxylic acids is 3. The van der Waals surface area contributed by atoms with Crippen LogP contribution in [0.1, 0.15) is 27.9 Å². The number of benzene rings is 1. The van der Waals surface area contributed by atoms with Crippen molar-refractivity contribution in [1.29, 1.82) is 0 Å². The second kappa shape index (κ2) is 5.42. The lowest BCUT2D eigenvalue weighted by Gasteiger charge is -2.13. The first kappa shape index (κ1) is 14.2. The summed E-state index contributed by atoms with van der Waals surface area (Å²) >= 11 is 0. The lowest BCUT2D eigenvalue weighted by atomic mass is 10.0. The van der Waals surface area contributed by atoms with E-state index in [-0.39, 0.29) is 18.2 Å². The molecule has 0 aromatic heterocycles. The number of likely N-dealkylation sites (N-methyl/N-ethyl adjacent to an activating group) is 1. The molecule has 0 bridgehead atoms. The highest BCUT2D eigenvalue weighted by atomic mass is 16.2. The van der Waals surface area contributed by atoms with E-state index in [1.165, 1.54) is 7.05 Å². The van der Waals surface area contributed by atoms with Crippen molar-refractivity contribution in [1.82, 2.24) is 10.2 Å². The number of hydrogen-bond acceptors (Lipinski definition) is 4. The number of rotatable bonds is 4. The Bertz CT molecular complexity index is 583. The average molecular weight is 275 g/mol. The minimum absolute atomic E-state index is 0.173. The Morgan fingerprint density at radius 2 is 2.15 bits per heavy atom. The molecule has 106 valence electrons. The standard InChI is InChI=1S/C14H17N3O3/c1-8-5-9(13(15)19)3-4-10(8)7-16-11-6-12(18)17(2)14(11)20/h3-5,11,16H,6-7H2,1-2H3,(H2,15,19). The Balaban J connectivity index is 2.03. The number of amides is 3. The Labute approximate surface area is 116 Å². The van der Waals surface area contributed by atoms with Gasteiger partial charge in [-0.15, -0.1) is 0 Å². The molecule has 1 aliphatic heterocycles. The average Bonchev–Trinajstić information content (AvgIpc) is 2.64. The van der Waals surface area contributed by atoms with Gasteiger partial charge in [-0.1, -0.05) is 6.07 Å². The van der Waals surface area contributed by atoms with Gasteiger partial charge in [-0.25, -0.2) is 0 Å². The number of hydrogen-bond donors (Lipinski definition) is 2. The van der Waals surface area contributed by atoms with Gasteiger partial charge in [-0.05, 0) is 30.2 Å². The fourth-order valence-electron chi connectivity index (χ4n) is 2.20. The van der Waals surface area contributed by atoms with Gasteiger partial charge in [0.1, 0.15) is 0 Å². The molecule has 3 N–H and O–H groups in total. The molecule has 1 saturated heterocycles. The summed E-state index contributed by atoms with van der Waals surface area (Å²) in [6.45, 7) is 2.33. The van der Waals surface area contributed by atoms with E-state index in [0.717, 1.165) is 16.0 Å². The highest BCUT2D eigenvalue weighted by Crippen LogP contribution is 2.14. The summed E-state index contributed by atoms with van der Waals surface area (Å²) in [5, 5.41) is 3.07. The highest BCUT2D eigenvalue weighted by Gasteiger charge is 2.35. The van der Waals surface area contributed by atoms with Gasteiger partial charge in [0.05, 0.1) is 12.5 Å². The molecule has 0 aliphatic carbocycles. The van der Waals surface area contributed by atoms with E-state index >= 15 is 0 Å². The van der Waals surface area contributed by atoms with Gasteiger partial charge in [0, 0.05) is 19.2 Å². The molecule has 0 spiro atoms. The molecule has 1 aliphatic rings. The van der Waals surface area contributed by atoms with Crippen molar-refractivity contribution in [2.45, 2.75) is 25.9 Å². The number of carbonyl (C=O) groups is 3. The summed E-state index contributed by atoms with van der Waals surface area (Å²) in [5.74, 6) is -0.847. The minimum atomic E-state index is -0.470. The molecule has 1 unspecified atom stereocenters. The molecule has 1 fully saturated rings. The molecule has 1 aromatic carbocycles. The van der Waals surface area contributed by atoms with E-state index in [4.69, 9.17) is 5.73 Å². The van der Waals surface area contributed by atoms with Crippen LogP contribution in [0.3, 0.4) is 0 Å². The minimum Gasteiger partial charge on any atom is -0.366 e. The predicted octanol–water partition coefficient (Wildman–Crippen LogP) is -0.0592. The van der Waals surface area contributed by atoms with Gasteiger partial charge in [0.2, 0.25) is 17.7 Å². The van der Waals surface area contributed by atoms with E-state index in [1.807, 2.05) is 6.92 Å². The Morgan fingerprint density at radius 1 is 1.45 bits per heavy atom. The van der Waals surface area contributed by atoms with Crippen LogP contribution in [0, 0.1) is 6.92 Å². The highest BCUT2D eigenvalue weighted by molar-refractivity contribution is 6.05. The zero-order valence-electron chi connectivity index (χ0n) is 11.5. The number of likely N-dealkylation sites (tertiary alicyclic amines) is 1. The molecule has 1 atom stereocenters. The predicted molar refractivity (Wildman–Crippen MR) is 72.7 cm³/mol. The normalized spacial score (nSPS) is 18.7. The number of nitrogens with one attached hydrogen (secondary N) is 1. The van der Waals surface area contributed by atoms with Crippen LogP contribution in [0.2, 0.25) is 0 Å². The molecule has 0 radical (unpaired) electrons. The molecular formula is C14H17N3O3. The van der Waals surface area contributed by atoms with Crippen LogP contribution >= 0.6 is 0 Å². The summed E-state index contributed by atoms with van der Waals surface area (Å²) in [6.07, 6.45) is 0.188. The summed E-state index contributed by atoms with van der Waals surface area (Å²) < 4.78 is 0. The molecule has 6 heteroatoms. The molecule has 1 aromatic rings. The Kier molecular flexibility index (Phi) is 3.85. The van der Waals surface area contributed by atoms with Crippen LogP contribution in [0.5, 0.6) is 0 Å². The third-order valence-electron chi connectivity index (χ3n) is 3.55. The first-order valence-electron chi connectivity index (χ1n) is 6.33. The number of nitrogens with two attached hydrogens (primary N) is 1. The van der Waals surface area contributed by atoms with Gasteiger partial charge in [-0.3, -0.25) is 19.3 Å². The van der Waals surface area contributed by atoms with Crippen molar-refractivity contribution < 1.29 is 14.4 Å². The summed E-state index contributed by atoms with van der Waals surface area (Å²) in [5.41, 5.74) is 7.55. The number of aryl methyl sites for hydroxylation is 1. The van der Waals surface area contributed by atoms with Crippen LogP contribution < -0.4 is 11.1 Å². The molecule has 1 heterocycles. The maximum Gasteiger partial charge on any atom is 0.248 e. The van der Waals surface area contributed by atoms with E-state index in [9.17, 15) is 14.4 Å². The van der Waals surface area contributed by atoms with Crippen molar-refractivity contribution in [2.75, 3.05) is 7.05 Å². The molecule has 2 rings (SSSR count). The van der Waals surface area contributed by atoms with E-state index in [2.05, 4.69) is 5.32 Å². The smallest absolute Gasteiger partial charge is 0.248 e. The van der Waals surface area contributed by atoms with E-state index < -0.39 is 11.9 Å². The Morgan fingerprint density at radius 3 is 2.65 bits per heavy atom. The van der Waals surface area contributed by atoms with Crippen molar-refractivity contribution in [3.8, 4) is 0 Å². The van der Waals surface area contributed by atoms with Gasteiger partial charge >= 0.3 is 0 Å². The van der Waals surface area contributed by atoms with Gasteiger partial charge in [0.25, 0.3) is 0 Å². The third-order valence-corrected chi connectivity index (χ3v) is 3.55. The summed E-state index contributed by atoms with van der Waals surface area (Å²) in [7, 11) is 1.49.